The summed E-state index contributed by atoms with van der Waals surface area (Å²) in [5.41, 5.74) is 2.65. The molecule has 2 aromatic rings. The Morgan fingerprint density at radius 1 is 1.35 bits per heavy atom. The fourth-order valence-corrected chi connectivity index (χ4v) is 3.04. The summed E-state index contributed by atoms with van der Waals surface area (Å²) in [7, 11) is 0. The van der Waals surface area contributed by atoms with Gasteiger partial charge in [0.1, 0.15) is 0 Å². The Morgan fingerprint density at radius 2 is 2.25 bits per heavy atom. The Bertz CT molecular complexity index is 495. The first-order chi connectivity index (χ1) is 9.92. The summed E-state index contributed by atoms with van der Waals surface area (Å²) >= 11 is 0. The molecule has 108 valence electrons. The molecule has 0 spiro atoms. The Hall–Kier alpha value is -1.61. The van der Waals surface area contributed by atoms with Crippen LogP contribution in [0.25, 0.3) is 0 Å². The highest BCUT2D eigenvalue weighted by molar-refractivity contribution is 5.20. The van der Waals surface area contributed by atoms with Crippen LogP contribution in [0.5, 0.6) is 0 Å². The molecule has 20 heavy (non-hydrogen) atoms. The van der Waals surface area contributed by atoms with Crippen LogP contribution in [0.15, 0.2) is 42.9 Å². The Kier molecular flexibility index (Phi) is 4.49. The molecule has 0 saturated carbocycles. The summed E-state index contributed by atoms with van der Waals surface area (Å²) in [4.78, 5) is 7.29. The molecule has 0 aliphatic carbocycles. The fraction of sp³-hybridized carbons (Fsp3) is 0.471. The van der Waals surface area contributed by atoms with Crippen LogP contribution in [0, 0.1) is 0 Å². The summed E-state index contributed by atoms with van der Waals surface area (Å²) in [5.74, 6) is 0.572. The lowest BCUT2D eigenvalue weighted by Crippen LogP contribution is -2.12. The normalized spacial score (nSPS) is 20.1. The highest BCUT2D eigenvalue weighted by Gasteiger charge is 2.22. The molecule has 1 aliphatic heterocycles. The van der Waals surface area contributed by atoms with Crippen molar-refractivity contribution in [1.82, 2.24) is 9.97 Å². The van der Waals surface area contributed by atoms with Crippen LogP contribution in [0.3, 0.4) is 0 Å². The first-order valence-corrected chi connectivity index (χ1v) is 7.55. The topological polar surface area (TPSA) is 37.9 Å². The Morgan fingerprint density at radius 3 is 2.95 bits per heavy atom. The molecule has 0 radical (unpaired) electrons. The number of nitrogens with one attached hydrogen (secondary N) is 1. The first-order valence-electron chi connectivity index (χ1n) is 7.55. The van der Waals surface area contributed by atoms with Gasteiger partial charge in [0.25, 0.3) is 0 Å². The van der Waals surface area contributed by atoms with E-state index in [1.165, 1.54) is 24.1 Å². The molecule has 1 saturated heterocycles. The second-order valence-electron chi connectivity index (χ2n) is 5.59. The number of H-pyrrole nitrogens is 1. The van der Waals surface area contributed by atoms with Crippen LogP contribution in [0.1, 0.15) is 44.3 Å². The predicted octanol–water partition coefficient (Wildman–Crippen LogP) is 3.94. The van der Waals surface area contributed by atoms with Crippen LogP contribution in [-0.4, -0.2) is 22.7 Å². The summed E-state index contributed by atoms with van der Waals surface area (Å²) in [6.07, 6.45) is 9.89. The second kappa shape index (κ2) is 6.71. The average Bonchev–Trinajstić information content (AvgIpc) is 3.18. The van der Waals surface area contributed by atoms with E-state index in [1.807, 2.05) is 6.20 Å². The quantitative estimate of drug-likeness (QED) is 0.865. The molecule has 2 unspecified atom stereocenters. The van der Waals surface area contributed by atoms with Gasteiger partial charge < -0.3 is 9.72 Å². The average molecular weight is 272 g/mol. The molecule has 2 atom stereocenters. The largest absolute Gasteiger partial charge is 0.378 e. The number of nitrogens with zero attached hydrogens (tertiary/aromatic N) is 1. The molecule has 1 fully saturated rings. The lowest BCUT2D eigenvalue weighted by molar-refractivity contribution is 0.0970. The monoisotopic (exact) mass is 272 g/mol. The van der Waals surface area contributed by atoms with E-state index >= 15 is 0 Å². The van der Waals surface area contributed by atoms with Crippen LogP contribution in [-0.2, 0) is 11.2 Å². The van der Waals surface area contributed by atoms with Crippen molar-refractivity contribution in [3.8, 4) is 0 Å². The standard InChI is InChI=1S/C17H22N2O.H2/c1-2-5-14(6-3-1)15(11-17-7-4-10-20-17)8-9-16-12-18-13-19-16;/h1-3,5-6,12-13,15,17H,4,7-11H2,(H,18,19);1H. The number of imidazole rings is 1. The summed E-state index contributed by atoms with van der Waals surface area (Å²) in [5, 5.41) is 0. The predicted molar refractivity (Wildman–Crippen MR) is 81.8 cm³/mol. The van der Waals surface area contributed by atoms with E-state index in [9.17, 15) is 0 Å². The number of ether oxygens (including phenoxy) is 1. The molecular formula is C17H24N2O. The molecule has 1 aromatic carbocycles. The third-order valence-electron chi connectivity index (χ3n) is 4.16. The molecule has 3 heteroatoms. The number of hydrogen-bond donors (Lipinski definition) is 1. The van der Waals surface area contributed by atoms with Crippen molar-refractivity contribution < 1.29 is 6.16 Å². The van der Waals surface area contributed by atoms with Crippen molar-refractivity contribution in [2.75, 3.05) is 6.61 Å². The number of benzene rings is 1. The van der Waals surface area contributed by atoms with Crippen molar-refractivity contribution >= 4 is 0 Å². The molecule has 2 heterocycles. The van der Waals surface area contributed by atoms with Gasteiger partial charge >= 0.3 is 0 Å². The van der Waals surface area contributed by atoms with Crippen LogP contribution in [0.2, 0.25) is 0 Å². The van der Waals surface area contributed by atoms with E-state index in [0.29, 0.717) is 12.0 Å². The molecule has 1 aromatic heterocycles. The van der Waals surface area contributed by atoms with Gasteiger partial charge in [0.2, 0.25) is 0 Å². The molecule has 1 N–H and O–H groups in total. The number of aromatic nitrogens is 2. The summed E-state index contributed by atoms with van der Waals surface area (Å²) < 4.78 is 5.82. The van der Waals surface area contributed by atoms with Crippen molar-refractivity contribution in [1.29, 1.82) is 0 Å². The number of aryl methyl sites for hydroxylation is 1. The van der Waals surface area contributed by atoms with E-state index in [-0.39, 0.29) is 1.43 Å². The lowest BCUT2D eigenvalue weighted by atomic mass is 9.88. The van der Waals surface area contributed by atoms with Gasteiger partial charge in [0.15, 0.2) is 0 Å². The van der Waals surface area contributed by atoms with Crippen molar-refractivity contribution in [2.45, 2.75) is 44.1 Å². The smallest absolute Gasteiger partial charge is 0.0921 e. The third-order valence-corrected chi connectivity index (χ3v) is 4.16. The zero-order valence-corrected chi connectivity index (χ0v) is 11.8. The van der Waals surface area contributed by atoms with Gasteiger partial charge in [-0.1, -0.05) is 30.3 Å². The fourth-order valence-electron chi connectivity index (χ4n) is 3.04. The van der Waals surface area contributed by atoms with E-state index in [2.05, 4.69) is 40.3 Å². The maximum absolute atomic E-state index is 5.82. The third kappa shape index (κ3) is 3.48. The van der Waals surface area contributed by atoms with Gasteiger partial charge in [-0.2, -0.15) is 0 Å². The van der Waals surface area contributed by atoms with Gasteiger partial charge in [0, 0.05) is 19.9 Å². The van der Waals surface area contributed by atoms with E-state index < -0.39 is 0 Å². The lowest BCUT2D eigenvalue weighted by Gasteiger charge is -2.20. The molecule has 3 rings (SSSR count). The molecule has 3 nitrogen and oxygen atoms in total. The van der Waals surface area contributed by atoms with Gasteiger partial charge in [0.05, 0.1) is 12.4 Å². The van der Waals surface area contributed by atoms with Gasteiger partial charge in [-0.3, -0.25) is 0 Å². The maximum atomic E-state index is 5.82. The Labute approximate surface area is 121 Å². The highest BCUT2D eigenvalue weighted by atomic mass is 16.5. The minimum Gasteiger partial charge on any atom is -0.378 e. The number of rotatable bonds is 6. The Balaban J connectivity index is 0.00000161. The van der Waals surface area contributed by atoms with Gasteiger partial charge in [-0.15, -0.1) is 0 Å². The minimum absolute atomic E-state index is 0. The first kappa shape index (κ1) is 13.4. The zero-order valence-electron chi connectivity index (χ0n) is 11.8. The van der Waals surface area contributed by atoms with Gasteiger partial charge in [-0.25, -0.2) is 4.98 Å². The number of aromatic amines is 1. The van der Waals surface area contributed by atoms with Crippen LogP contribution in [0.4, 0.5) is 0 Å². The van der Waals surface area contributed by atoms with Crippen molar-refractivity contribution in [3.63, 3.8) is 0 Å². The minimum atomic E-state index is 0. The van der Waals surface area contributed by atoms with Crippen molar-refractivity contribution in [2.24, 2.45) is 0 Å². The molecule has 1 aliphatic rings. The van der Waals surface area contributed by atoms with E-state index in [4.69, 9.17) is 4.74 Å². The van der Waals surface area contributed by atoms with E-state index in [1.54, 1.807) is 6.33 Å². The maximum Gasteiger partial charge on any atom is 0.0921 e. The van der Waals surface area contributed by atoms with Crippen molar-refractivity contribution in [3.05, 3.63) is 54.1 Å². The number of hydrogen-bond acceptors (Lipinski definition) is 2. The second-order valence-corrected chi connectivity index (χ2v) is 5.59. The summed E-state index contributed by atoms with van der Waals surface area (Å²) in [6.45, 7) is 0.937. The highest BCUT2D eigenvalue weighted by Crippen LogP contribution is 2.30. The van der Waals surface area contributed by atoms with E-state index in [0.717, 1.165) is 25.9 Å². The zero-order chi connectivity index (χ0) is 13.6. The van der Waals surface area contributed by atoms with Gasteiger partial charge in [-0.05, 0) is 43.6 Å². The molecule has 0 amide bonds. The molecule has 0 bridgehead atoms. The van der Waals surface area contributed by atoms with Crippen LogP contribution < -0.4 is 0 Å². The SMILES string of the molecule is [HH].c1ccc(C(CCc2cnc[nH]2)CC2CCCO2)cc1. The molecular weight excluding hydrogens is 248 g/mol. The summed E-state index contributed by atoms with van der Waals surface area (Å²) in [6, 6.07) is 10.8. The van der Waals surface area contributed by atoms with Crippen LogP contribution >= 0.6 is 0 Å².